The minimum atomic E-state index is 1.12. The Morgan fingerprint density at radius 3 is 1.46 bits per heavy atom. The van der Waals surface area contributed by atoms with Crippen LogP contribution in [0.4, 0.5) is 17.1 Å². The van der Waals surface area contributed by atoms with Crippen molar-refractivity contribution in [1.82, 2.24) is 4.57 Å². The highest BCUT2D eigenvalue weighted by atomic mass is 15.1. The highest BCUT2D eigenvalue weighted by Crippen LogP contribution is 2.43. The summed E-state index contributed by atoms with van der Waals surface area (Å²) in [5.74, 6) is 0. The number of hydrogen-bond donors (Lipinski definition) is 0. The topological polar surface area (TPSA) is 8.17 Å². The quantitative estimate of drug-likeness (QED) is 0.149. The van der Waals surface area contributed by atoms with Crippen molar-refractivity contribution in [2.45, 2.75) is 6.92 Å². The fourth-order valence-corrected chi connectivity index (χ4v) is 8.99. The summed E-state index contributed by atoms with van der Waals surface area (Å²) in [4.78, 5) is 2.37. The van der Waals surface area contributed by atoms with Crippen molar-refractivity contribution >= 4 is 49.6 Å². The summed E-state index contributed by atoms with van der Waals surface area (Å²) in [5.41, 5.74) is 17.9. The molecule has 10 aromatic carbocycles. The first kappa shape index (κ1) is 36.2. The number of anilines is 3. The Morgan fingerprint density at radius 1 is 0.311 bits per heavy atom. The molecule has 0 saturated carbocycles. The van der Waals surface area contributed by atoms with Crippen LogP contribution in [0.5, 0.6) is 0 Å². The highest BCUT2D eigenvalue weighted by molar-refractivity contribution is 6.10. The van der Waals surface area contributed by atoms with Gasteiger partial charge in [-0.1, -0.05) is 181 Å². The molecular formula is C59H42N2. The molecule has 0 saturated heterocycles. The van der Waals surface area contributed by atoms with Crippen LogP contribution >= 0.6 is 0 Å². The number of fused-ring (bicyclic) bond motifs is 4. The second kappa shape index (κ2) is 15.3. The number of rotatable bonds is 8. The van der Waals surface area contributed by atoms with Crippen LogP contribution in [0.3, 0.4) is 0 Å². The molecule has 2 heteroatoms. The van der Waals surface area contributed by atoms with Gasteiger partial charge in [-0.25, -0.2) is 0 Å². The fraction of sp³-hybridized carbons (Fsp3) is 0.0169. The lowest BCUT2D eigenvalue weighted by Crippen LogP contribution is -2.10. The van der Waals surface area contributed by atoms with Gasteiger partial charge >= 0.3 is 0 Å². The molecule has 0 bridgehead atoms. The molecule has 0 aliphatic carbocycles. The maximum absolute atomic E-state index is 2.38. The minimum absolute atomic E-state index is 1.12. The molecule has 0 aliphatic rings. The van der Waals surface area contributed by atoms with Crippen LogP contribution in [0.25, 0.3) is 82.8 Å². The fourth-order valence-electron chi connectivity index (χ4n) is 8.99. The number of aryl methyl sites for hydroxylation is 1. The largest absolute Gasteiger partial charge is 0.310 e. The van der Waals surface area contributed by atoms with E-state index in [9.17, 15) is 0 Å². The van der Waals surface area contributed by atoms with Crippen LogP contribution in [0.1, 0.15) is 5.56 Å². The SMILES string of the molecule is Cc1ccc(-n2c3ccccc3c3cc(-c4ccc(-c5ccc(-c6ccc(N(c7ccccc7)c7ccc(-c8ccccc8)cc7)c7ccccc67)cc5)cc4)ccc32)cc1. The molecule has 0 unspecified atom stereocenters. The Morgan fingerprint density at radius 2 is 0.787 bits per heavy atom. The van der Waals surface area contributed by atoms with Gasteiger partial charge in [-0.15, -0.1) is 0 Å². The van der Waals surface area contributed by atoms with Crippen molar-refractivity contribution in [2.75, 3.05) is 4.90 Å². The lowest BCUT2D eigenvalue weighted by Gasteiger charge is -2.27. The molecule has 61 heavy (non-hydrogen) atoms. The van der Waals surface area contributed by atoms with E-state index < -0.39 is 0 Å². The average Bonchev–Trinajstić information content (AvgIpc) is 3.66. The Balaban J connectivity index is 0.898. The first-order chi connectivity index (χ1) is 30.2. The van der Waals surface area contributed by atoms with Gasteiger partial charge in [0.05, 0.1) is 16.7 Å². The molecule has 0 radical (unpaired) electrons. The Bertz CT molecular complexity index is 3310. The number of benzene rings is 10. The van der Waals surface area contributed by atoms with Crippen LogP contribution in [-0.2, 0) is 0 Å². The molecule has 0 aliphatic heterocycles. The van der Waals surface area contributed by atoms with E-state index >= 15 is 0 Å². The van der Waals surface area contributed by atoms with Gasteiger partial charge in [-0.05, 0) is 117 Å². The molecule has 2 nitrogen and oxygen atoms in total. The van der Waals surface area contributed by atoms with E-state index in [2.05, 4.69) is 253 Å². The predicted octanol–water partition coefficient (Wildman–Crippen LogP) is 16.4. The first-order valence-corrected chi connectivity index (χ1v) is 21.0. The summed E-state index contributed by atoms with van der Waals surface area (Å²) in [6, 6.07) is 85.9. The monoisotopic (exact) mass is 778 g/mol. The van der Waals surface area contributed by atoms with Crippen molar-refractivity contribution in [3.63, 3.8) is 0 Å². The Kier molecular flexibility index (Phi) is 9.09. The second-order valence-electron chi connectivity index (χ2n) is 15.8. The number of nitrogens with zero attached hydrogens (tertiary/aromatic N) is 2. The number of aromatic nitrogens is 1. The summed E-state index contributed by atoms with van der Waals surface area (Å²) in [6.07, 6.45) is 0. The maximum Gasteiger partial charge on any atom is 0.0541 e. The standard InChI is InChI=1S/C59H42N2/c1-41-20-33-51(34-21-41)61-57-19-11-10-18-55(57)56-40-48(32-38-59(56)61)46-24-22-43(23-25-46)44-26-28-47(29-27-44)52-37-39-58(54-17-9-8-16-53(52)54)60(49-14-6-3-7-15-49)50-35-30-45(31-36-50)42-12-4-2-5-13-42/h2-40H,1H3. The lowest BCUT2D eigenvalue weighted by molar-refractivity contribution is 1.17. The van der Waals surface area contributed by atoms with Crippen LogP contribution in [0.2, 0.25) is 0 Å². The van der Waals surface area contributed by atoms with E-state index in [4.69, 9.17) is 0 Å². The van der Waals surface area contributed by atoms with Gasteiger partial charge in [0.2, 0.25) is 0 Å². The molecule has 11 rings (SSSR count). The van der Waals surface area contributed by atoms with Crippen molar-refractivity contribution in [3.05, 3.63) is 242 Å². The summed E-state index contributed by atoms with van der Waals surface area (Å²) in [5, 5.41) is 4.95. The Hall–Kier alpha value is -7.94. The highest BCUT2D eigenvalue weighted by Gasteiger charge is 2.18. The van der Waals surface area contributed by atoms with Crippen LogP contribution < -0.4 is 4.90 Å². The van der Waals surface area contributed by atoms with Crippen molar-refractivity contribution in [3.8, 4) is 50.2 Å². The molecule has 288 valence electrons. The minimum Gasteiger partial charge on any atom is -0.310 e. The zero-order valence-electron chi connectivity index (χ0n) is 33.9. The van der Waals surface area contributed by atoms with Gasteiger partial charge in [-0.2, -0.15) is 0 Å². The third-order valence-electron chi connectivity index (χ3n) is 12.1. The van der Waals surface area contributed by atoms with E-state index in [0.29, 0.717) is 0 Å². The van der Waals surface area contributed by atoms with Crippen LogP contribution in [0.15, 0.2) is 237 Å². The molecule has 1 heterocycles. The van der Waals surface area contributed by atoms with Crippen molar-refractivity contribution < 1.29 is 0 Å². The Labute approximate surface area is 356 Å². The van der Waals surface area contributed by atoms with Crippen LogP contribution in [0, 0.1) is 6.92 Å². The van der Waals surface area contributed by atoms with Gasteiger partial charge < -0.3 is 9.47 Å². The number of para-hydroxylation sites is 2. The van der Waals surface area contributed by atoms with Gasteiger partial charge in [0.15, 0.2) is 0 Å². The first-order valence-electron chi connectivity index (χ1n) is 21.0. The molecule has 11 aromatic rings. The predicted molar refractivity (Wildman–Crippen MR) is 259 cm³/mol. The number of hydrogen-bond acceptors (Lipinski definition) is 1. The molecule has 0 atom stereocenters. The summed E-state index contributed by atoms with van der Waals surface area (Å²) in [7, 11) is 0. The van der Waals surface area contributed by atoms with E-state index in [1.54, 1.807) is 0 Å². The second-order valence-corrected chi connectivity index (χ2v) is 15.8. The van der Waals surface area contributed by atoms with Gasteiger partial charge in [0, 0.05) is 33.2 Å². The summed E-state index contributed by atoms with van der Waals surface area (Å²) < 4.78 is 2.38. The average molecular weight is 779 g/mol. The van der Waals surface area contributed by atoms with E-state index in [-0.39, 0.29) is 0 Å². The van der Waals surface area contributed by atoms with E-state index in [0.717, 1.165) is 17.1 Å². The molecular weight excluding hydrogens is 737 g/mol. The van der Waals surface area contributed by atoms with Crippen molar-refractivity contribution in [1.29, 1.82) is 0 Å². The third-order valence-corrected chi connectivity index (χ3v) is 12.1. The van der Waals surface area contributed by atoms with Gasteiger partial charge in [-0.3, -0.25) is 0 Å². The van der Waals surface area contributed by atoms with E-state index in [1.165, 1.54) is 88.3 Å². The zero-order valence-corrected chi connectivity index (χ0v) is 33.9. The molecule has 1 aromatic heterocycles. The molecule has 0 N–H and O–H groups in total. The van der Waals surface area contributed by atoms with Crippen molar-refractivity contribution in [2.24, 2.45) is 0 Å². The summed E-state index contributed by atoms with van der Waals surface area (Å²) in [6.45, 7) is 2.14. The molecule has 0 spiro atoms. The van der Waals surface area contributed by atoms with E-state index in [1.807, 2.05) is 0 Å². The normalized spacial score (nSPS) is 11.4. The lowest BCUT2D eigenvalue weighted by atomic mass is 9.94. The molecule has 0 fully saturated rings. The smallest absolute Gasteiger partial charge is 0.0541 e. The third kappa shape index (κ3) is 6.65. The van der Waals surface area contributed by atoms with Gasteiger partial charge in [0.1, 0.15) is 0 Å². The van der Waals surface area contributed by atoms with Gasteiger partial charge in [0.25, 0.3) is 0 Å². The summed E-state index contributed by atoms with van der Waals surface area (Å²) >= 11 is 0. The van der Waals surface area contributed by atoms with Crippen LogP contribution in [-0.4, -0.2) is 4.57 Å². The molecule has 0 amide bonds. The maximum atomic E-state index is 2.38. The zero-order chi connectivity index (χ0) is 40.7.